The highest BCUT2D eigenvalue weighted by atomic mass is 79.9. The molecule has 1 nitrogen and oxygen atoms in total. The van der Waals surface area contributed by atoms with Gasteiger partial charge in [-0.3, -0.25) is 0 Å². The van der Waals surface area contributed by atoms with Crippen molar-refractivity contribution >= 4 is 15.9 Å². The fourth-order valence-electron chi connectivity index (χ4n) is 2.33. The van der Waals surface area contributed by atoms with E-state index in [2.05, 4.69) is 54.0 Å². The zero-order valence-corrected chi connectivity index (χ0v) is 11.5. The molecule has 0 radical (unpaired) electrons. The quantitative estimate of drug-likeness (QED) is 0.756. The summed E-state index contributed by atoms with van der Waals surface area (Å²) in [6.45, 7) is 5.06. The van der Waals surface area contributed by atoms with Crippen molar-refractivity contribution in [3.05, 3.63) is 35.4 Å². The zero-order valence-electron chi connectivity index (χ0n) is 9.95. The van der Waals surface area contributed by atoms with Crippen LogP contribution in [-0.2, 0) is 11.2 Å². The molecule has 0 aliphatic heterocycles. The molecule has 0 fully saturated rings. The standard InChI is InChI=1S/C14H19BrO/c1-10(2)16-8-7-12-9-11-5-3-4-6-13(11)14(12)15/h3-6,10,12,14H,7-9H2,1-2H3. The van der Waals surface area contributed by atoms with E-state index in [1.165, 1.54) is 17.5 Å². The first-order valence-corrected chi connectivity index (χ1v) is 6.93. The van der Waals surface area contributed by atoms with Gasteiger partial charge in [0.25, 0.3) is 0 Å². The second-order valence-corrected chi connectivity index (χ2v) is 5.76. The van der Waals surface area contributed by atoms with Gasteiger partial charge in [0.05, 0.1) is 6.10 Å². The van der Waals surface area contributed by atoms with E-state index in [9.17, 15) is 0 Å². The van der Waals surface area contributed by atoms with Gasteiger partial charge < -0.3 is 4.74 Å². The molecule has 0 amide bonds. The lowest BCUT2D eigenvalue weighted by Crippen LogP contribution is -2.10. The minimum atomic E-state index is 0.345. The number of alkyl halides is 1. The van der Waals surface area contributed by atoms with Crippen LogP contribution in [0, 0.1) is 5.92 Å². The molecule has 0 saturated carbocycles. The van der Waals surface area contributed by atoms with Crippen molar-refractivity contribution in [2.75, 3.05) is 6.61 Å². The Morgan fingerprint density at radius 2 is 2.12 bits per heavy atom. The predicted molar refractivity (Wildman–Crippen MR) is 71.0 cm³/mol. The molecular formula is C14H19BrO. The lowest BCUT2D eigenvalue weighted by atomic mass is 10.0. The number of hydrogen-bond acceptors (Lipinski definition) is 1. The van der Waals surface area contributed by atoms with Crippen LogP contribution in [0.2, 0.25) is 0 Å². The summed E-state index contributed by atoms with van der Waals surface area (Å²) in [6.07, 6.45) is 2.67. The molecule has 0 saturated heterocycles. The molecule has 2 atom stereocenters. The minimum absolute atomic E-state index is 0.345. The summed E-state index contributed by atoms with van der Waals surface area (Å²) in [4.78, 5) is 0.513. The van der Waals surface area contributed by atoms with E-state index in [1.54, 1.807) is 0 Å². The Bertz CT molecular complexity index is 348. The van der Waals surface area contributed by atoms with E-state index in [0.717, 1.165) is 13.0 Å². The first-order valence-electron chi connectivity index (χ1n) is 6.02. The van der Waals surface area contributed by atoms with Gasteiger partial charge in [0.1, 0.15) is 0 Å². The van der Waals surface area contributed by atoms with Gasteiger partial charge in [-0.05, 0) is 43.7 Å². The maximum absolute atomic E-state index is 5.63. The highest BCUT2D eigenvalue weighted by Crippen LogP contribution is 2.43. The zero-order chi connectivity index (χ0) is 11.5. The SMILES string of the molecule is CC(C)OCCC1Cc2ccccc2C1Br. The Hall–Kier alpha value is -0.340. The van der Waals surface area contributed by atoms with Crippen molar-refractivity contribution < 1.29 is 4.74 Å². The third kappa shape index (κ3) is 2.67. The van der Waals surface area contributed by atoms with E-state index >= 15 is 0 Å². The Morgan fingerprint density at radius 1 is 1.38 bits per heavy atom. The van der Waals surface area contributed by atoms with Crippen molar-refractivity contribution in [1.82, 2.24) is 0 Å². The average molecular weight is 283 g/mol. The van der Waals surface area contributed by atoms with Crippen LogP contribution in [0.3, 0.4) is 0 Å². The van der Waals surface area contributed by atoms with Crippen LogP contribution in [0.5, 0.6) is 0 Å². The normalized spacial score (nSPS) is 23.8. The lowest BCUT2D eigenvalue weighted by molar-refractivity contribution is 0.0690. The Morgan fingerprint density at radius 3 is 2.81 bits per heavy atom. The summed E-state index contributed by atoms with van der Waals surface area (Å²) in [5.41, 5.74) is 2.97. The van der Waals surface area contributed by atoms with Gasteiger partial charge in [-0.25, -0.2) is 0 Å². The molecule has 2 rings (SSSR count). The number of ether oxygens (including phenoxy) is 1. The van der Waals surface area contributed by atoms with Crippen molar-refractivity contribution in [1.29, 1.82) is 0 Å². The molecule has 1 aliphatic rings. The van der Waals surface area contributed by atoms with Crippen molar-refractivity contribution in [2.45, 2.75) is 37.6 Å². The fraction of sp³-hybridized carbons (Fsp3) is 0.571. The molecule has 16 heavy (non-hydrogen) atoms. The second kappa shape index (κ2) is 5.33. The van der Waals surface area contributed by atoms with E-state index in [0.29, 0.717) is 16.8 Å². The Balaban J connectivity index is 1.92. The number of fused-ring (bicyclic) bond motifs is 1. The largest absolute Gasteiger partial charge is 0.379 e. The molecular weight excluding hydrogens is 264 g/mol. The maximum Gasteiger partial charge on any atom is 0.0518 e. The van der Waals surface area contributed by atoms with Crippen LogP contribution < -0.4 is 0 Å². The summed E-state index contributed by atoms with van der Waals surface area (Å²) in [5.74, 6) is 0.691. The molecule has 1 aromatic rings. The van der Waals surface area contributed by atoms with Crippen LogP contribution in [0.25, 0.3) is 0 Å². The predicted octanol–water partition coefficient (Wildman–Crippen LogP) is 4.11. The molecule has 2 unspecified atom stereocenters. The maximum atomic E-state index is 5.63. The monoisotopic (exact) mass is 282 g/mol. The van der Waals surface area contributed by atoms with Crippen molar-refractivity contribution in [2.24, 2.45) is 5.92 Å². The summed E-state index contributed by atoms with van der Waals surface area (Å²) in [7, 11) is 0. The molecule has 88 valence electrons. The number of halogens is 1. The van der Waals surface area contributed by atoms with Crippen LogP contribution >= 0.6 is 15.9 Å². The first-order chi connectivity index (χ1) is 7.68. The first kappa shape index (κ1) is 12.1. The van der Waals surface area contributed by atoms with Gasteiger partial charge in [-0.1, -0.05) is 40.2 Å². The molecule has 2 heteroatoms. The molecule has 0 bridgehead atoms. The highest BCUT2D eigenvalue weighted by molar-refractivity contribution is 9.09. The Kier molecular flexibility index (Phi) is 4.04. The lowest BCUT2D eigenvalue weighted by Gasteiger charge is -2.15. The fourth-order valence-corrected chi connectivity index (χ4v) is 3.23. The van der Waals surface area contributed by atoms with Gasteiger partial charge in [0.2, 0.25) is 0 Å². The molecule has 0 spiro atoms. The van der Waals surface area contributed by atoms with Gasteiger partial charge in [0, 0.05) is 11.4 Å². The Labute approximate surface area is 106 Å². The summed E-state index contributed by atoms with van der Waals surface area (Å²) >= 11 is 3.82. The highest BCUT2D eigenvalue weighted by Gasteiger charge is 2.29. The second-order valence-electron chi connectivity index (χ2n) is 4.77. The van der Waals surface area contributed by atoms with Crippen molar-refractivity contribution in [3.8, 4) is 0 Å². The summed E-state index contributed by atoms with van der Waals surface area (Å²) < 4.78 is 5.63. The molecule has 1 aliphatic carbocycles. The van der Waals surface area contributed by atoms with E-state index in [4.69, 9.17) is 4.74 Å². The van der Waals surface area contributed by atoms with Gasteiger partial charge in [-0.2, -0.15) is 0 Å². The smallest absolute Gasteiger partial charge is 0.0518 e. The van der Waals surface area contributed by atoms with E-state index in [-0.39, 0.29) is 0 Å². The summed E-state index contributed by atoms with van der Waals surface area (Å²) in [6, 6.07) is 8.73. The van der Waals surface area contributed by atoms with Crippen LogP contribution in [0.1, 0.15) is 36.2 Å². The summed E-state index contributed by atoms with van der Waals surface area (Å²) in [5, 5.41) is 0. The van der Waals surface area contributed by atoms with E-state index < -0.39 is 0 Å². The van der Waals surface area contributed by atoms with E-state index in [1.807, 2.05) is 0 Å². The van der Waals surface area contributed by atoms with Gasteiger partial charge >= 0.3 is 0 Å². The van der Waals surface area contributed by atoms with Crippen LogP contribution in [0.4, 0.5) is 0 Å². The third-order valence-corrected chi connectivity index (χ3v) is 4.43. The minimum Gasteiger partial charge on any atom is -0.379 e. The molecule has 0 N–H and O–H groups in total. The topological polar surface area (TPSA) is 9.23 Å². The molecule has 0 heterocycles. The third-order valence-electron chi connectivity index (χ3n) is 3.19. The molecule has 0 aromatic heterocycles. The number of rotatable bonds is 4. The van der Waals surface area contributed by atoms with Crippen molar-refractivity contribution in [3.63, 3.8) is 0 Å². The van der Waals surface area contributed by atoms with Gasteiger partial charge in [0.15, 0.2) is 0 Å². The average Bonchev–Trinajstić information content (AvgIpc) is 2.56. The van der Waals surface area contributed by atoms with Crippen LogP contribution in [0.15, 0.2) is 24.3 Å². The number of benzene rings is 1. The number of hydrogen-bond donors (Lipinski definition) is 0. The molecule has 1 aromatic carbocycles. The van der Waals surface area contributed by atoms with Gasteiger partial charge in [-0.15, -0.1) is 0 Å². The van der Waals surface area contributed by atoms with Crippen LogP contribution in [-0.4, -0.2) is 12.7 Å².